The van der Waals surface area contributed by atoms with E-state index in [0.29, 0.717) is 23.1 Å². The summed E-state index contributed by atoms with van der Waals surface area (Å²) in [5.74, 6) is 0.629. The Morgan fingerprint density at radius 3 is 2.61 bits per heavy atom. The van der Waals surface area contributed by atoms with Crippen molar-refractivity contribution < 1.29 is 4.74 Å². The fourth-order valence-electron chi connectivity index (χ4n) is 1.46. The topological polar surface area (TPSA) is 21.6 Å². The fraction of sp³-hybridized carbons (Fsp3) is 0.0714. The summed E-state index contributed by atoms with van der Waals surface area (Å²) in [6.45, 7) is 0.482. The summed E-state index contributed by atoms with van der Waals surface area (Å²) in [6, 6.07) is 15.2. The SMILES string of the molecule is S=C=Nc1ccc(OCc2ccccc2)c(Cl)c1. The Morgan fingerprint density at radius 1 is 1.17 bits per heavy atom. The number of ether oxygens (including phenoxy) is 1. The smallest absolute Gasteiger partial charge is 0.138 e. The van der Waals surface area contributed by atoms with Gasteiger partial charge in [-0.15, -0.1) is 0 Å². The second-order valence-corrected chi connectivity index (χ2v) is 4.18. The number of hydrogen-bond donors (Lipinski definition) is 0. The third kappa shape index (κ3) is 3.41. The van der Waals surface area contributed by atoms with Crippen LogP contribution in [0.2, 0.25) is 5.02 Å². The zero-order valence-corrected chi connectivity index (χ0v) is 11.0. The molecule has 0 bridgehead atoms. The minimum atomic E-state index is 0.482. The number of hydrogen-bond acceptors (Lipinski definition) is 3. The van der Waals surface area contributed by atoms with Gasteiger partial charge in [-0.2, -0.15) is 4.99 Å². The van der Waals surface area contributed by atoms with E-state index in [9.17, 15) is 0 Å². The zero-order valence-electron chi connectivity index (χ0n) is 9.47. The summed E-state index contributed by atoms with van der Waals surface area (Å²) < 4.78 is 5.64. The normalized spacial score (nSPS) is 9.61. The van der Waals surface area contributed by atoms with Crippen LogP contribution in [0.4, 0.5) is 5.69 Å². The Bertz CT molecular complexity index is 580. The number of halogens is 1. The molecule has 0 amide bonds. The summed E-state index contributed by atoms with van der Waals surface area (Å²) in [6.07, 6.45) is 0. The minimum absolute atomic E-state index is 0.482. The molecule has 0 aliphatic rings. The minimum Gasteiger partial charge on any atom is -0.487 e. The lowest BCUT2D eigenvalue weighted by Gasteiger charge is -2.08. The highest BCUT2D eigenvalue weighted by Crippen LogP contribution is 2.29. The van der Waals surface area contributed by atoms with Gasteiger partial charge < -0.3 is 4.74 Å². The molecule has 0 aromatic heterocycles. The van der Waals surface area contributed by atoms with Crippen molar-refractivity contribution >= 4 is 34.7 Å². The molecule has 0 aliphatic carbocycles. The Hall–Kier alpha value is -1.67. The molecule has 0 N–H and O–H groups in total. The van der Waals surface area contributed by atoms with E-state index in [1.807, 2.05) is 30.3 Å². The van der Waals surface area contributed by atoms with Gasteiger partial charge in [0.1, 0.15) is 12.4 Å². The lowest BCUT2D eigenvalue weighted by atomic mass is 10.2. The zero-order chi connectivity index (χ0) is 12.8. The number of benzene rings is 2. The van der Waals surface area contributed by atoms with Gasteiger partial charge in [0.05, 0.1) is 15.9 Å². The van der Waals surface area contributed by atoms with Crippen molar-refractivity contribution in [2.24, 2.45) is 4.99 Å². The Morgan fingerprint density at radius 2 is 1.94 bits per heavy atom. The van der Waals surface area contributed by atoms with E-state index >= 15 is 0 Å². The molecule has 0 atom stereocenters. The first-order chi connectivity index (χ1) is 8.79. The Kier molecular flexibility index (Phi) is 4.48. The molecule has 0 saturated heterocycles. The van der Waals surface area contributed by atoms with E-state index in [-0.39, 0.29) is 0 Å². The predicted molar refractivity (Wildman–Crippen MR) is 76.9 cm³/mol. The van der Waals surface area contributed by atoms with Crippen molar-refractivity contribution in [1.29, 1.82) is 0 Å². The van der Waals surface area contributed by atoms with Gasteiger partial charge in [0.25, 0.3) is 0 Å². The average Bonchev–Trinajstić information content (AvgIpc) is 2.39. The Balaban J connectivity index is 2.08. The molecule has 0 heterocycles. The summed E-state index contributed by atoms with van der Waals surface area (Å²) >= 11 is 10.6. The van der Waals surface area contributed by atoms with Gasteiger partial charge >= 0.3 is 0 Å². The maximum Gasteiger partial charge on any atom is 0.138 e. The van der Waals surface area contributed by atoms with E-state index in [4.69, 9.17) is 16.3 Å². The van der Waals surface area contributed by atoms with Crippen molar-refractivity contribution in [2.75, 3.05) is 0 Å². The van der Waals surface area contributed by atoms with Crippen LogP contribution in [0.15, 0.2) is 53.5 Å². The summed E-state index contributed by atoms with van der Waals surface area (Å²) in [5.41, 5.74) is 1.76. The number of nitrogens with zero attached hydrogens (tertiary/aromatic N) is 1. The highest BCUT2D eigenvalue weighted by atomic mass is 35.5. The van der Waals surface area contributed by atoms with Crippen LogP contribution in [-0.2, 0) is 6.61 Å². The van der Waals surface area contributed by atoms with Gasteiger partial charge in [-0.25, -0.2) is 0 Å². The van der Waals surface area contributed by atoms with Crippen molar-refractivity contribution in [3.05, 3.63) is 59.1 Å². The summed E-state index contributed by atoms with van der Waals surface area (Å²) in [4.78, 5) is 3.85. The molecule has 2 aromatic carbocycles. The maximum atomic E-state index is 6.08. The maximum absolute atomic E-state index is 6.08. The first kappa shape index (κ1) is 12.8. The highest BCUT2D eigenvalue weighted by Gasteiger charge is 2.03. The molecule has 0 spiro atoms. The van der Waals surface area contributed by atoms with Crippen LogP contribution in [0.25, 0.3) is 0 Å². The van der Waals surface area contributed by atoms with Crippen LogP contribution in [0.5, 0.6) is 5.75 Å². The number of aliphatic imine (C=N–C) groups is 1. The average molecular weight is 276 g/mol. The van der Waals surface area contributed by atoms with E-state index in [1.165, 1.54) is 0 Å². The summed E-state index contributed by atoms with van der Waals surface area (Å²) in [5, 5.41) is 2.81. The third-order valence-corrected chi connectivity index (χ3v) is 2.71. The quantitative estimate of drug-likeness (QED) is 0.598. The monoisotopic (exact) mass is 275 g/mol. The van der Waals surface area contributed by atoms with Crippen LogP contribution in [0.1, 0.15) is 5.56 Å². The number of isothiocyanates is 1. The van der Waals surface area contributed by atoms with Crippen molar-refractivity contribution in [3.63, 3.8) is 0 Å². The van der Waals surface area contributed by atoms with Crippen LogP contribution in [0.3, 0.4) is 0 Å². The van der Waals surface area contributed by atoms with E-state index < -0.39 is 0 Å². The molecule has 90 valence electrons. The highest BCUT2D eigenvalue weighted by molar-refractivity contribution is 7.78. The van der Waals surface area contributed by atoms with Gasteiger partial charge in [0.2, 0.25) is 0 Å². The van der Waals surface area contributed by atoms with Crippen molar-refractivity contribution in [3.8, 4) is 5.75 Å². The standard InChI is InChI=1S/C14H10ClNOS/c15-13-8-12(16-10-18)6-7-14(13)17-9-11-4-2-1-3-5-11/h1-8H,9H2. The van der Waals surface area contributed by atoms with Gasteiger partial charge in [0, 0.05) is 0 Å². The second kappa shape index (κ2) is 6.31. The van der Waals surface area contributed by atoms with Crippen LogP contribution in [-0.4, -0.2) is 5.16 Å². The molecule has 0 radical (unpaired) electrons. The number of thiocarbonyl (C=S) groups is 1. The van der Waals surface area contributed by atoms with Gasteiger partial charge in [-0.1, -0.05) is 41.9 Å². The first-order valence-corrected chi connectivity index (χ1v) is 6.12. The Labute approximate surface area is 116 Å². The van der Waals surface area contributed by atoms with Crippen LogP contribution < -0.4 is 4.74 Å². The summed E-state index contributed by atoms with van der Waals surface area (Å²) in [7, 11) is 0. The molecule has 18 heavy (non-hydrogen) atoms. The predicted octanol–water partition coefficient (Wildman–Crippen LogP) is 4.65. The lowest BCUT2D eigenvalue weighted by molar-refractivity contribution is 0.306. The first-order valence-electron chi connectivity index (χ1n) is 5.34. The van der Waals surface area contributed by atoms with Crippen LogP contribution >= 0.6 is 23.8 Å². The van der Waals surface area contributed by atoms with Gasteiger partial charge in [0.15, 0.2) is 0 Å². The molecule has 0 saturated carbocycles. The van der Waals surface area contributed by atoms with Gasteiger partial charge in [-0.05, 0) is 36.0 Å². The van der Waals surface area contributed by atoms with Crippen molar-refractivity contribution in [2.45, 2.75) is 6.61 Å². The molecule has 2 aromatic rings. The fourth-order valence-corrected chi connectivity index (χ4v) is 1.80. The van der Waals surface area contributed by atoms with Crippen LogP contribution in [0, 0.1) is 0 Å². The molecule has 0 unspecified atom stereocenters. The van der Waals surface area contributed by atoms with Gasteiger partial charge in [-0.3, -0.25) is 0 Å². The molecule has 0 aliphatic heterocycles. The van der Waals surface area contributed by atoms with E-state index in [2.05, 4.69) is 22.4 Å². The molecular formula is C14H10ClNOS. The van der Waals surface area contributed by atoms with Crippen molar-refractivity contribution in [1.82, 2.24) is 0 Å². The second-order valence-electron chi connectivity index (χ2n) is 3.59. The molecule has 2 nitrogen and oxygen atoms in total. The molecule has 0 fully saturated rings. The molecule has 2 rings (SSSR count). The van der Waals surface area contributed by atoms with E-state index in [0.717, 1.165) is 5.56 Å². The molecule has 4 heteroatoms. The lowest BCUT2D eigenvalue weighted by Crippen LogP contribution is -1.95. The molecular weight excluding hydrogens is 266 g/mol. The largest absolute Gasteiger partial charge is 0.487 e. The van der Waals surface area contributed by atoms with E-state index in [1.54, 1.807) is 18.2 Å². The number of rotatable bonds is 4. The third-order valence-electron chi connectivity index (χ3n) is 2.33.